The summed E-state index contributed by atoms with van der Waals surface area (Å²) in [4.78, 5) is 16.3. The summed E-state index contributed by atoms with van der Waals surface area (Å²) in [6.07, 6.45) is 6.40. The minimum absolute atomic E-state index is 0.0252. The average Bonchev–Trinajstić information content (AvgIpc) is 3.13. The summed E-state index contributed by atoms with van der Waals surface area (Å²) in [5.41, 5.74) is 1.36. The molecule has 23 heavy (non-hydrogen) atoms. The van der Waals surface area contributed by atoms with Crippen LogP contribution in [0.5, 0.6) is 5.75 Å². The van der Waals surface area contributed by atoms with E-state index in [1.807, 2.05) is 53.2 Å². The predicted octanol–water partition coefficient (Wildman–Crippen LogP) is 3.58. The molecule has 0 spiro atoms. The van der Waals surface area contributed by atoms with Crippen molar-refractivity contribution in [3.05, 3.63) is 84.4 Å². The summed E-state index contributed by atoms with van der Waals surface area (Å²) in [5, 5.41) is 0. The summed E-state index contributed by atoms with van der Waals surface area (Å²) >= 11 is 0. The summed E-state index contributed by atoms with van der Waals surface area (Å²) in [5.74, 6) is 0.803. The van der Waals surface area contributed by atoms with Gasteiger partial charge in [-0.25, -0.2) is 4.98 Å². The van der Waals surface area contributed by atoms with Gasteiger partial charge in [-0.3, -0.25) is 4.79 Å². The van der Waals surface area contributed by atoms with Gasteiger partial charge in [-0.15, -0.1) is 0 Å². The molecule has 2 aromatic carbocycles. The lowest BCUT2D eigenvalue weighted by Crippen LogP contribution is -2.04. The zero-order valence-electron chi connectivity index (χ0n) is 12.8. The first-order chi connectivity index (χ1) is 11.3. The Kier molecular flexibility index (Phi) is 4.84. The van der Waals surface area contributed by atoms with Crippen molar-refractivity contribution in [3.8, 4) is 5.75 Å². The second kappa shape index (κ2) is 7.40. The molecule has 3 rings (SSSR count). The van der Waals surface area contributed by atoms with Crippen LogP contribution in [0.1, 0.15) is 22.3 Å². The lowest BCUT2D eigenvalue weighted by atomic mass is 10.0. The van der Waals surface area contributed by atoms with Gasteiger partial charge in [0.15, 0.2) is 5.78 Å². The Morgan fingerprint density at radius 3 is 2.43 bits per heavy atom. The number of rotatable bonds is 7. The van der Waals surface area contributed by atoms with Gasteiger partial charge in [0.2, 0.25) is 0 Å². The standard InChI is InChI=1S/C19H18N2O2/c22-19(16-5-2-1-3-6-16)17-7-9-18(10-8-17)23-14-4-12-21-13-11-20-15-21/h1-3,5-11,13,15H,4,12,14H2. The molecule has 0 amide bonds. The highest BCUT2D eigenvalue weighted by atomic mass is 16.5. The van der Waals surface area contributed by atoms with Crippen LogP contribution < -0.4 is 4.74 Å². The van der Waals surface area contributed by atoms with Gasteiger partial charge in [-0.1, -0.05) is 30.3 Å². The molecule has 3 aromatic rings. The summed E-state index contributed by atoms with van der Waals surface area (Å²) in [7, 11) is 0. The fraction of sp³-hybridized carbons (Fsp3) is 0.158. The van der Waals surface area contributed by atoms with Crippen LogP contribution in [0.4, 0.5) is 0 Å². The first kappa shape index (κ1) is 15.0. The Labute approximate surface area is 135 Å². The highest BCUT2D eigenvalue weighted by Gasteiger charge is 2.08. The maximum absolute atomic E-state index is 12.3. The number of imidazole rings is 1. The van der Waals surface area contributed by atoms with Crippen molar-refractivity contribution in [2.75, 3.05) is 6.61 Å². The zero-order chi connectivity index (χ0) is 15.9. The Bertz CT molecular complexity index is 735. The van der Waals surface area contributed by atoms with Crippen LogP contribution in [0.15, 0.2) is 73.3 Å². The number of nitrogens with zero attached hydrogens (tertiary/aromatic N) is 2. The second-order valence-electron chi connectivity index (χ2n) is 5.22. The maximum atomic E-state index is 12.3. The zero-order valence-corrected chi connectivity index (χ0v) is 12.8. The number of aromatic nitrogens is 2. The van der Waals surface area contributed by atoms with Crippen LogP contribution in [0.25, 0.3) is 0 Å². The third kappa shape index (κ3) is 4.07. The molecule has 0 N–H and O–H groups in total. The number of ketones is 1. The summed E-state index contributed by atoms with van der Waals surface area (Å²) in [6, 6.07) is 16.6. The molecule has 0 aliphatic carbocycles. The molecule has 4 heteroatoms. The van der Waals surface area contributed by atoms with Crippen molar-refractivity contribution in [2.24, 2.45) is 0 Å². The van der Waals surface area contributed by atoms with E-state index in [1.54, 1.807) is 24.7 Å². The largest absolute Gasteiger partial charge is 0.494 e. The van der Waals surface area contributed by atoms with Gasteiger partial charge < -0.3 is 9.30 Å². The first-order valence-electron chi connectivity index (χ1n) is 7.61. The van der Waals surface area contributed by atoms with E-state index in [-0.39, 0.29) is 5.78 Å². The van der Waals surface area contributed by atoms with Crippen LogP contribution in [0, 0.1) is 0 Å². The topological polar surface area (TPSA) is 44.1 Å². The highest BCUT2D eigenvalue weighted by Crippen LogP contribution is 2.15. The number of ether oxygens (including phenoxy) is 1. The molecule has 0 saturated heterocycles. The molecule has 0 fully saturated rings. The normalized spacial score (nSPS) is 10.4. The monoisotopic (exact) mass is 306 g/mol. The van der Waals surface area contributed by atoms with E-state index in [0.29, 0.717) is 17.7 Å². The lowest BCUT2D eigenvalue weighted by Gasteiger charge is -2.07. The van der Waals surface area contributed by atoms with E-state index in [9.17, 15) is 4.79 Å². The van der Waals surface area contributed by atoms with Crippen molar-refractivity contribution in [1.29, 1.82) is 0 Å². The fourth-order valence-electron chi connectivity index (χ4n) is 2.31. The van der Waals surface area contributed by atoms with Crippen LogP contribution in [-0.2, 0) is 6.54 Å². The van der Waals surface area contributed by atoms with Gasteiger partial charge in [-0.05, 0) is 30.7 Å². The van der Waals surface area contributed by atoms with Crippen LogP contribution in [-0.4, -0.2) is 21.9 Å². The van der Waals surface area contributed by atoms with E-state index in [1.165, 1.54) is 0 Å². The Morgan fingerprint density at radius 2 is 1.74 bits per heavy atom. The van der Waals surface area contributed by atoms with Crippen molar-refractivity contribution in [1.82, 2.24) is 9.55 Å². The Morgan fingerprint density at radius 1 is 1.00 bits per heavy atom. The molecule has 0 radical (unpaired) electrons. The number of carbonyl (C=O) groups is 1. The summed E-state index contributed by atoms with van der Waals surface area (Å²) in [6.45, 7) is 1.51. The molecule has 0 aliphatic heterocycles. The molecule has 4 nitrogen and oxygen atoms in total. The molecular formula is C19H18N2O2. The third-order valence-electron chi connectivity index (χ3n) is 3.54. The number of hydrogen-bond acceptors (Lipinski definition) is 3. The molecule has 1 heterocycles. The van der Waals surface area contributed by atoms with Gasteiger partial charge in [0, 0.05) is 30.1 Å². The Hall–Kier alpha value is -2.88. The first-order valence-corrected chi connectivity index (χ1v) is 7.61. The lowest BCUT2D eigenvalue weighted by molar-refractivity contribution is 0.103. The van der Waals surface area contributed by atoms with E-state index in [4.69, 9.17) is 4.74 Å². The smallest absolute Gasteiger partial charge is 0.193 e. The van der Waals surface area contributed by atoms with Crippen molar-refractivity contribution in [2.45, 2.75) is 13.0 Å². The fourth-order valence-corrected chi connectivity index (χ4v) is 2.31. The highest BCUT2D eigenvalue weighted by molar-refractivity contribution is 6.08. The number of carbonyl (C=O) groups excluding carboxylic acids is 1. The van der Waals surface area contributed by atoms with Crippen molar-refractivity contribution < 1.29 is 9.53 Å². The molecule has 0 unspecified atom stereocenters. The van der Waals surface area contributed by atoms with E-state index < -0.39 is 0 Å². The maximum Gasteiger partial charge on any atom is 0.193 e. The van der Waals surface area contributed by atoms with E-state index in [2.05, 4.69) is 4.98 Å². The van der Waals surface area contributed by atoms with E-state index in [0.717, 1.165) is 18.7 Å². The number of hydrogen-bond donors (Lipinski definition) is 0. The molecule has 0 aliphatic rings. The Balaban J connectivity index is 1.52. The third-order valence-corrected chi connectivity index (χ3v) is 3.54. The molecule has 0 bridgehead atoms. The van der Waals surface area contributed by atoms with Crippen LogP contribution in [0.3, 0.4) is 0 Å². The summed E-state index contributed by atoms with van der Waals surface area (Å²) < 4.78 is 7.72. The van der Waals surface area contributed by atoms with Crippen molar-refractivity contribution in [3.63, 3.8) is 0 Å². The second-order valence-corrected chi connectivity index (χ2v) is 5.22. The van der Waals surface area contributed by atoms with E-state index >= 15 is 0 Å². The molecule has 0 atom stereocenters. The molecule has 0 saturated carbocycles. The number of benzene rings is 2. The van der Waals surface area contributed by atoms with Gasteiger partial charge in [0.05, 0.1) is 12.9 Å². The van der Waals surface area contributed by atoms with Gasteiger partial charge >= 0.3 is 0 Å². The predicted molar refractivity (Wildman–Crippen MR) is 88.7 cm³/mol. The molecule has 1 aromatic heterocycles. The molecule has 116 valence electrons. The van der Waals surface area contributed by atoms with Crippen LogP contribution >= 0.6 is 0 Å². The average molecular weight is 306 g/mol. The SMILES string of the molecule is O=C(c1ccccc1)c1ccc(OCCCn2ccnc2)cc1. The molecular weight excluding hydrogens is 288 g/mol. The van der Waals surface area contributed by atoms with Crippen molar-refractivity contribution >= 4 is 5.78 Å². The quantitative estimate of drug-likeness (QED) is 0.495. The van der Waals surface area contributed by atoms with Gasteiger partial charge in [-0.2, -0.15) is 0 Å². The van der Waals surface area contributed by atoms with Gasteiger partial charge in [0.25, 0.3) is 0 Å². The minimum Gasteiger partial charge on any atom is -0.494 e. The van der Waals surface area contributed by atoms with Gasteiger partial charge in [0.1, 0.15) is 5.75 Å². The minimum atomic E-state index is 0.0252. The number of aryl methyl sites for hydroxylation is 1. The van der Waals surface area contributed by atoms with Crippen LogP contribution in [0.2, 0.25) is 0 Å².